The fourth-order valence-electron chi connectivity index (χ4n) is 9.76. The van der Waals surface area contributed by atoms with E-state index >= 15 is 0 Å². The van der Waals surface area contributed by atoms with Crippen molar-refractivity contribution in [3.63, 3.8) is 0 Å². The van der Waals surface area contributed by atoms with Gasteiger partial charge in [-0.15, -0.1) is 11.3 Å². The molecular formula is C56H32OS. The van der Waals surface area contributed by atoms with Gasteiger partial charge in [0.15, 0.2) is 0 Å². The summed E-state index contributed by atoms with van der Waals surface area (Å²) in [6.07, 6.45) is 0. The van der Waals surface area contributed by atoms with Crippen LogP contribution >= 0.6 is 11.3 Å². The standard InChI is InChI=1S/C56H32OS/c1-2-12-40-33(10-1)11-9-18-43(40)53-46-16-5-3-14-44(46)52(45-15-4-6-17-47(45)53)39-23-22-35-30-34(20-21-36(35)32-39)37-24-26-41-38(31-37)25-27-49-54-51(58-56(41)49)29-28-48-42-13-7-8-19-50(42)57-55(48)54/h1-32H. The molecule has 0 fully saturated rings. The summed E-state index contributed by atoms with van der Waals surface area (Å²) in [6, 6.07) is 71.5. The molecule has 0 atom stereocenters. The zero-order valence-electron chi connectivity index (χ0n) is 31.3. The summed E-state index contributed by atoms with van der Waals surface area (Å²) in [6.45, 7) is 0. The van der Waals surface area contributed by atoms with Gasteiger partial charge >= 0.3 is 0 Å². The van der Waals surface area contributed by atoms with Crippen molar-refractivity contribution in [2.45, 2.75) is 0 Å². The quantitative estimate of drug-likeness (QED) is 0.164. The molecule has 13 aromatic rings. The fourth-order valence-corrected chi connectivity index (χ4v) is 11.0. The second-order valence-corrected chi connectivity index (χ2v) is 16.6. The highest BCUT2D eigenvalue weighted by Crippen LogP contribution is 2.47. The third kappa shape index (κ3) is 4.58. The van der Waals surface area contributed by atoms with Crippen molar-refractivity contribution in [3.05, 3.63) is 194 Å². The van der Waals surface area contributed by atoms with Gasteiger partial charge in [0, 0.05) is 30.9 Å². The highest BCUT2D eigenvalue weighted by Gasteiger charge is 2.19. The van der Waals surface area contributed by atoms with E-state index < -0.39 is 0 Å². The molecular weight excluding hydrogens is 721 g/mol. The number of hydrogen-bond donors (Lipinski definition) is 0. The molecule has 13 rings (SSSR count). The summed E-state index contributed by atoms with van der Waals surface area (Å²) in [5.74, 6) is 0. The first kappa shape index (κ1) is 31.9. The third-order valence-electron chi connectivity index (χ3n) is 12.4. The largest absolute Gasteiger partial charge is 0.455 e. The molecule has 2 heteroatoms. The molecule has 0 radical (unpaired) electrons. The van der Waals surface area contributed by atoms with E-state index in [9.17, 15) is 0 Å². The van der Waals surface area contributed by atoms with Gasteiger partial charge in [0.05, 0.1) is 0 Å². The molecule has 0 saturated carbocycles. The maximum absolute atomic E-state index is 6.47. The van der Waals surface area contributed by atoms with Crippen LogP contribution in [0.15, 0.2) is 199 Å². The topological polar surface area (TPSA) is 13.1 Å². The first-order valence-electron chi connectivity index (χ1n) is 19.9. The number of thiophene rings is 1. The Bertz CT molecular complexity index is 3800. The molecule has 11 aromatic carbocycles. The molecule has 2 heterocycles. The van der Waals surface area contributed by atoms with Gasteiger partial charge in [0.25, 0.3) is 0 Å². The van der Waals surface area contributed by atoms with Gasteiger partial charge in [0.2, 0.25) is 0 Å². The Morgan fingerprint density at radius 2 is 0.879 bits per heavy atom. The Morgan fingerprint density at radius 3 is 1.66 bits per heavy atom. The van der Waals surface area contributed by atoms with E-state index in [-0.39, 0.29) is 0 Å². The zero-order chi connectivity index (χ0) is 37.9. The average Bonchev–Trinajstić information content (AvgIpc) is 3.86. The molecule has 0 saturated heterocycles. The summed E-state index contributed by atoms with van der Waals surface area (Å²) >= 11 is 1.86. The normalized spacial score (nSPS) is 12.1. The lowest BCUT2D eigenvalue weighted by Crippen LogP contribution is -1.91. The van der Waals surface area contributed by atoms with Crippen molar-refractivity contribution in [1.29, 1.82) is 0 Å². The van der Waals surface area contributed by atoms with Crippen LogP contribution in [0.25, 0.3) is 129 Å². The number of fused-ring (bicyclic) bond motifs is 13. The number of benzene rings is 11. The van der Waals surface area contributed by atoms with Crippen molar-refractivity contribution in [2.24, 2.45) is 0 Å². The number of para-hydroxylation sites is 1. The van der Waals surface area contributed by atoms with E-state index in [0.29, 0.717) is 0 Å². The zero-order valence-corrected chi connectivity index (χ0v) is 32.1. The van der Waals surface area contributed by atoms with Crippen LogP contribution in [0.2, 0.25) is 0 Å². The summed E-state index contributed by atoms with van der Waals surface area (Å²) in [4.78, 5) is 0. The number of rotatable bonds is 3. The van der Waals surface area contributed by atoms with Crippen LogP contribution in [-0.2, 0) is 0 Å². The molecule has 0 amide bonds. The SMILES string of the molecule is c1ccc2c(-c3c4ccccc4c(-c4ccc5cc(-c6ccc7c(ccc8c7sc7ccc9c%10ccccc%10oc9c78)c6)ccc5c4)c4ccccc34)cccc2c1. The number of hydrogen-bond acceptors (Lipinski definition) is 2. The Hall–Kier alpha value is -7.26. The maximum atomic E-state index is 6.47. The minimum atomic E-state index is 0.940. The van der Waals surface area contributed by atoms with Crippen molar-refractivity contribution in [3.8, 4) is 33.4 Å². The lowest BCUT2D eigenvalue weighted by molar-refractivity contribution is 0.673. The lowest BCUT2D eigenvalue weighted by atomic mass is 9.84. The molecule has 0 spiro atoms. The van der Waals surface area contributed by atoms with E-state index in [4.69, 9.17) is 4.42 Å². The van der Waals surface area contributed by atoms with Crippen LogP contribution in [0.1, 0.15) is 0 Å². The van der Waals surface area contributed by atoms with Crippen molar-refractivity contribution in [2.75, 3.05) is 0 Å². The minimum Gasteiger partial charge on any atom is -0.455 e. The summed E-state index contributed by atoms with van der Waals surface area (Å²) in [5, 5.41) is 17.4. The Balaban J connectivity index is 0.925. The van der Waals surface area contributed by atoms with Gasteiger partial charge < -0.3 is 4.42 Å². The van der Waals surface area contributed by atoms with Crippen LogP contribution < -0.4 is 0 Å². The molecule has 0 bridgehead atoms. The Kier molecular flexibility index (Phi) is 6.66. The van der Waals surface area contributed by atoms with Gasteiger partial charge in [0.1, 0.15) is 11.2 Å². The highest BCUT2D eigenvalue weighted by molar-refractivity contribution is 7.26. The maximum Gasteiger partial charge on any atom is 0.144 e. The molecule has 0 aliphatic heterocycles. The Morgan fingerprint density at radius 1 is 0.328 bits per heavy atom. The molecule has 0 N–H and O–H groups in total. The van der Waals surface area contributed by atoms with Crippen molar-refractivity contribution >= 4 is 107 Å². The van der Waals surface area contributed by atoms with Gasteiger partial charge in [-0.25, -0.2) is 0 Å². The molecule has 0 aliphatic carbocycles. The molecule has 2 aromatic heterocycles. The van der Waals surface area contributed by atoms with E-state index in [0.717, 1.165) is 11.2 Å². The van der Waals surface area contributed by atoms with Gasteiger partial charge in [-0.05, 0) is 124 Å². The minimum absolute atomic E-state index is 0.940. The first-order valence-corrected chi connectivity index (χ1v) is 20.7. The van der Waals surface area contributed by atoms with Crippen LogP contribution in [-0.4, -0.2) is 0 Å². The lowest BCUT2D eigenvalue weighted by Gasteiger charge is -2.19. The second-order valence-electron chi connectivity index (χ2n) is 15.5. The predicted molar refractivity (Wildman–Crippen MR) is 250 cm³/mol. The van der Waals surface area contributed by atoms with E-state index in [2.05, 4.69) is 188 Å². The third-order valence-corrected chi connectivity index (χ3v) is 13.6. The van der Waals surface area contributed by atoms with Crippen LogP contribution in [0.4, 0.5) is 0 Å². The van der Waals surface area contributed by atoms with Crippen LogP contribution in [0.5, 0.6) is 0 Å². The summed E-state index contributed by atoms with van der Waals surface area (Å²) < 4.78 is 9.03. The first-order chi connectivity index (χ1) is 28.7. The second kappa shape index (κ2) is 12.1. The highest BCUT2D eigenvalue weighted by atomic mass is 32.1. The molecule has 0 aliphatic rings. The summed E-state index contributed by atoms with van der Waals surface area (Å²) in [7, 11) is 0. The van der Waals surface area contributed by atoms with Crippen molar-refractivity contribution < 1.29 is 4.42 Å². The van der Waals surface area contributed by atoms with E-state index in [1.807, 2.05) is 17.4 Å². The average molecular weight is 753 g/mol. The van der Waals surface area contributed by atoms with Gasteiger partial charge in [-0.2, -0.15) is 0 Å². The smallest absolute Gasteiger partial charge is 0.144 e. The van der Waals surface area contributed by atoms with E-state index in [1.54, 1.807) is 0 Å². The van der Waals surface area contributed by atoms with Crippen LogP contribution in [0, 0.1) is 0 Å². The van der Waals surface area contributed by atoms with Gasteiger partial charge in [-0.1, -0.05) is 158 Å². The summed E-state index contributed by atoms with van der Waals surface area (Å²) in [5.41, 5.74) is 9.45. The molecule has 58 heavy (non-hydrogen) atoms. The molecule has 268 valence electrons. The predicted octanol–water partition coefficient (Wildman–Crippen LogP) is 16.7. The Labute approximate surface area is 337 Å². The van der Waals surface area contributed by atoms with E-state index in [1.165, 1.54) is 118 Å². The van der Waals surface area contributed by atoms with Crippen LogP contribution in [0.3, 0.4) is 0 Å². The number of furan rings is 1. The fraction of sp³-hybridized carbons (Fsp3) is 0. The monoisotopic (exact) mass is 752 g/mol. The molecule has 1 nitrogen and oxygen atoms in total. The molecule has 0 unspecified atom stereocenters. The van der Waals surface area contributed by atoms with Crippen molar-refractivity contribution in [1.82, 2.24) is 0 Å². The van der Waals surface area contributed by atoms with Gasteiger partial charge in [-0.3, -0.25) is 0 Å².